The van der Waals surface area contributed by atoms with Crippen molar-refractivity contribution in [1.29, 1.82) is 0 Å². The normalized spacial score (nSPS) is 22.7. The minimum Gasteiger partial charge on any atom is -0.381 e. The van der Waals surface area contributed by atoms with Crippen molar-refractivity contribution >= 4 is 22.7 Å². The molecular weight excluding hydrogens is 390 g/mol. The van der Waals surface area contributed by atoms with Gasteiger partial charge in [0, 0.05) is 44.6 Å². The second kappa shape index (κ2) is 8.80. The van der Waals surface area contributed by atoms with E-state index in [2.05, 4.69) is 68.7 Å². The molecule has 2 aliphatic rings. The number of hydrogen-bond acceptors (Lipinski definition) is 7. The Bertz CT molecular complexity index is 1020. The van der Waals surface area contributed by atoms with Crippen molar-refractivity contribution in [2.24, 2.45) is 0 Å². The van der Waals surface area contributed by atoms with Gasteiger partial charge in [0.25, 0.3) is 0 Å². The molecule has 0 spiro atoms. The molecule has 3 aromatic rings. The number of ether oxygens (including phenoxy) is 1. The average molecular weight is 422 g/mol. The molecule has 5 heterocycles. The molecule has 2 saturated heterocycles. The van der Waals surface area contributed by atoms with Gasteiger partial charge < -0.3 is 25.3 Å². The van der Waals surface area contributed by atoms with Crippen molar-refractivity contribution in [2.75, 3.05) is 36.5 Å². The van der Waals surface area contributed by atoms with Crippen LogP contribution in [0.4, 0.5) is 11.6 Å². The van der Waals surface area contributed by atoms with Crippen molar-refractivity contribution in [2.45, 2.75) is 51.2 Å². The summed E-state index contributed by atoms with van der Waals surface area (Å²) < 4.78 is 5.55. The summed E-state index contributed by atoms with van der Waals surface area (Å²) >= 11 is 0. The number of aromatic nitrogens is 4. The number of fused-ring (bicyclic) bond motifs is 1. The zero-order chi connectivity index (χ0) is 21.2. The molecule has 164 valence electrons. The van der Waals surface area contributed by atoms with Crippen LogP contribution >= 0.6 is 0 Å². The Morgan fingerprint density at radius 1 is 1.13 bits per heavy atom. The van der Waals surface area contributed by atoms with Crippen molar-refractivity contribution in [3.63, 3.8) is 0 Å². The van der Waals surface area contributed by atoms with Crippen LogP contribution in [0.25, 0.3) is 11.0 Å². The topological polar surface area (TPSA) is 91.0 Å². The number of rotatable bonds is 5. The molecular formula is C23H31N7O. The van der Waals surface area contributed by atoms with Gasteiger partial charge in [-0.15, -0.1) is 0 Å². The maximum Gasteiger partial charge on any atom is 0.143 e. The largest absolute Gasteiger partial charge is 0.381 e. The predicted molar refractivity (Wildman–Crippen MR) is 123 cm³/mol. The van der Waals surface area contributed by atoms with E-state index >= 15 is 0 Å². The highest BCUT2D eigenvalue weighted by molar-refractivity contribution is 5.90. The summed E-state index contributed by atoms with van der Waals surface area (Å²) in [5, 5.41) is 8.19. The summed E-state index contributed by atoms with van der Waals surface area (Å²) in [6.45, 7) is 8.64. The third-order valence-electron chi connectivity index (χ3n) is 6.27. The third-order valence-corrected chi connectivity index (χ3v) is 6.27. The number of nitrogens with zero attached hydrogens (tertiary/aromatic N) is 4. The standard InChI is InChI=1S/C23H31N7O/c1-15-12-30(13-16(2)28-15)20-5-3-4-18(29-20)10-24-22-21-19(17-6-8-31-9-7-17)11-25-23(21)27-14-26-22/h3-5,11,14-17,28H,6-10,12-13H2,1-2H3,(H2,24,25,26,27)/t15-,16+. The molecule has 0 radical (unpaired) electrons. The lowest BCUT2D eigenvalue weighted by Gasteiger charge is -2.37. The van der Waals surface area contributed by atoms with E-state index in [9.17, 15) is 0 Å². The number of piperazine rings is 1. The Morgan fingerprint density at radius 3 is 2.74 bits per heavy atom. The van der Waals surface area contributed by atoms with E-state index in [0.29, 0.717) is 24.5 Å². The number of hydrogen-bond donors (Lipinski definition) is 3. The lowest BCUT2D eigenvalue weighted by molar-refractivity contribution is 0.0856. The van der Waals surface area contributed by atoms with Gasteiger partial charge in [-0.05, 0) is 50.3 Å². The van der Waals surface area contributed by atoms with Crippen LogP contribution in [-0.2, 0) is 11.3 Å². The minimum atomic E-state index is 0.457. The molecule has 3 N–H and O–H groups in total. The van der Waals surface area contributed by atoms with E-state index in [0.717, 1.165) is 67.5 Å². The van der Waals surface area contributed by atoms with Crippen LogP contribution in [0.5, 0.6) is 0 Å². The molecule has 3 aromatic heterocycles. The predicted octanol–water partition coefficient (Wildman–Crippen LogP) is 3.05. The second-order valence-electron chi connectivity index (χ2n) is 8.79. The van der Waals surface area contributed by atoms with Crippen LogP contribution in [0.2, 0.25) is 0 Å². The molecule has 8 nitrogen and oxygen atoms in total. The van der Waals surface area contributed by atoms with E-state index in [1.165, 1.54) is 5.56 Å². The Labute approximate surface area is 182 Å². The molecule has 2 fully saturated rings. The molecule has 2 aliphatic heterocycles. The summed E-state index contributed by atoms with van der Waals surface area (Å²) in [6.07, 6.45) is 5.77. The van der Waals surface area contributed by atoms with Gasteiger partial charge in [-0.25, -0.2) is 15.0 Å². The highest BCUT2D eigenvalue weighted by Gasteiger charge is 2.23. The van der Waals surface area contributed by atoms with Gasteiger partial charge in [-0.2, -0.15) is 0 Å². The highest BCUT2D eigenvalue weighted by atomic mass is 16.5. The van der Waals surface area contributed by atoms with E-state index in [1.54, 1.807) is 6.33 Å². The second-order valence-corrected chi connectivity index (χ2v) is 8.79. The van der Waals surface area contributed by atoms with E-state index in [-0.39, 0.29) is 0 Å². The fourth-order valence-electron chi connectivity index (χ4n) is 4.88. The lowest BCUT2D eigenvalue weighted by Crippen LogP contribution is -2.54. The van der Waals surface area contributed by atoms with Gasteiger partial charge in [0.2, 0.25) is 0 Å². The average Bonchev–Trinajstić information content (AvgIpc) is 3.23. The SMILES string of the molecule is C[C@@H]1CN(c2cccc(CNc3ncnc4[nH]cc(C5CCOCC5)c34)n2)C[C@H](C)N1. The van der Waals surface area contributed by atoms with E-state index in [1.807, 2.05) is 0 Å². The van der Waals surface area contributed by atoms with Gasteiger partial charge in [-0.3, -0.25) is 0 Å². The van der Waals surface area contributed by atoms with Gasteiger partial charge in [0.05, 0.1) is 17.6 Å². The summed E-state index contributed by atoms with van der Waals surface area (Å²) in [7, 11) is 0. The number of nitrogens with one attached hydrogen (secondary N) is 3. The molecule has 0 amide bonds. The van der Waals surface area contributed by atoms with Crippen molar-refractivity contribution in [3.8, 4) is 0 Å². The van der Waals surface area contributed by atoms with E-state index in [4.69, 9.17) is 9.72 Å². The highest BCUT2D eigenvalue weighted by Crippen LogP contribution is 2.34. The van der Waals surface area contributed by atoms with Crippen LogP contribution in [0, 0.1) is 0 Å². The maximum absolute atomic E-state index is 5.55. The number of anilines is 2. The van der Waals surface area contributed by atoms with Gasteiger partial charge >= 0.3 is 0 Å². The molecule has 0 saturated carbocycles. The molecule has 0 unspecified atom stereocenters. The zero-order valence-corrected chi connectivity index (χ0v) is 18.3. The quantitative estimate of drug-likeness (QED) is 0.583. The van der Waals surface area contributed by atoms with E-state index < -0.39 is 0 Å². The first-order valence-electron chi connectivity index (χ1n) is 11.3. The van der Waals surface area contributed by atoms with Crippen LogP contribution in [-0.4, -0.2) is 58.3 Å². The summed E-state index contributed by atoms with van der Waals surface area (Å²) in [6, 6.07) is 7.18. The Morgan fingerprint density at radius 2 is 1.94 bits per heavy atom. The Kier molecular flexibility index (Phi) is 5.74. The number of aromatic amines is 1. The molecule has 0 bridgehead atoms. The van der Waals surface area contributed by atoms with Crippen LogP contribution < -0.4 is 15.5 Å². The van der Waals surface area contributed by atoms with Crippen molar-refractivity contribution < 1.29 is 4.74 Å². The van der Waals surface area contributed by atoms with Gasteiger partial charge in [-0.1, -0.05) is 6.07 Å². The zero-order valence-electron chi connectivity index (χ0n) is 18.3. The fraction of sp³-hybridized carbons (Fsp3) is 0.522. The summed E-state index contributed by atoms with van der Waals surface area (Å²) in [5.41, 5.74) is 3.17. The summed E-state index contributed by atoms with van der Waals surface area (Å²) in [5.74, 6) is 2.38. The number of pyridine rings is 1. The van der Waals surface area contributed by atoms with Crippen molar-refractivity contribution in [1.82, 2.24) is 25.3 Å². The first-order valence-corrected chi connectivity index (χ1v) is 11.3. The first-order chi connectivity index (χ1) is 15.2. The molecule has 8 heteroatoms. The molecule has 0 aliphatic carbocycles. The van der Waals surface area contributed by atoms with Crippen LogP contribution in [0.15, 0.2) is 30.7 Å². The van der Waals surface area contributed by atoms with Gasteiger partial charge in [0.15, 0.2) is 0 Å². The van der Waals surface area contributed by atoms with Crippen LogP contribution in [0.3, 0.4) is 0 Å². The Balaban J connectivity index is 1.35. The van der Waals surface area contributed by atoms with Crippen molar-refractivity contribution in [3.05, 3.63) is 42.0 Å². The smallest absolute Gasteiger partial charge is 0.143 e. The maximum atomic E-state index is 5.55. The minimum absolute atomic E-state index is 0.457. The third kappa shape index (κ3) is 4.36. The molecule has 5 rings (SSSR count). The monoisotopic (exact) mass is 421 g/mol. The fourth-order valence-corrected chi connectivity index (χ4v) is 4.88. The van der Waals surface area contributed by atoms with Crippen LogP contribution in [0.1, 0.15) is 43.9 Å². The molecule has 2 atom stereocenters. The molecule has 31 heavy (non-hydrogen) atoms. The number of H-pyrrole nitrogens is 1. The Hall–Kier alpha value is -2.71. The lowest BCUT2D eigenvalue weighted by atomic mass is 9.92. The first kappa shape index (κ1) is 20.2. The molecule has 0 aromatic carbocycles. The van der Waals surface area contributed by atoms with Gasteiger partial charge in [0.1, 0.15) is 23.6 Å². The summed E-state index contributed by atoms with van der Waals surface area (Å²) in [4.78, 5) is 19.6.